The largest absolute Gasteiger partial charge is 0.409 e. The van der Waals surface area contributed by atoms with Crippen molar-refractivity contribution in [1.29, 1.82) is 0 Å². The summed E-state index contributed by atoms with van der Waals surface area (Å²) < 4.78 is 1.67. The number of hydrogen-bond donors (Lipinski definition) is 3. The number of aromatic nitrogens is 2. The quantitative estimate of drug-likeness (QED) is 0.312. The molecule has 0 spiro atoms. The molecule has 0 saturated carbocycles. The number of nitrogens with two attached hydrogens (primary N) is 1. The van der Waals surface area contributed by atoms with Crippen LogP contribution in [0.15, 0.2) is 11.2 Å². The second-order valence-corrected chi connectivity index (χ2v) is 5.24. The maximum Gasteiger partial charge on any atom is 0.269 e. The molecule has 0 fully saturated rings. The molecule has 0 radical (unpaired) electrons. The number of amidine groups is 1. The summed E-state index contributed by atoms with van der Waals surface area (Å²) in [5, 5.41) is 18.8. The van der Waals surface area contributed by atoms with Crippen LogP contribution in [0, 0.1) is 5.41 Å². The third-order valence-electron chi connectivity index (χ3n) is 3.22. The third-order valence-corrected chi connectivity index (χ3v) is 3.22. The Hall–Kier alpha value is -2.05. The molecule has 0 aromatic carbocycles. The summed E-state index contributed by atoms with van der Waals surface area (Å²) in [6, 6.07) is 1.79. The smallest absolute Gasteiger partial charge is 0.269 e. The van der Waals surface area contributed by atoms with Gasteiger partial charge in [-0.1, -0.05) is 25.9 Å². The SMILES string of the molecule is CCc1cc(C(=O)NCC(C)(C)/C(N)=N/O)n(CC)n1. The Bertz CT molecular complexity index is 505. The molecule has 0 aliphatic rings. The molecule has 7 heteroatoms. The van der Waals surface area contributed by atoms with Gasteiger partial charge >= 0.3 is 0 Å². The Morgan fingerprint density at radius 3 is 2.70 bits per heavy atom. The van der Waals surface area contributed by atoms with Crippen LogP contribution in [0.3, 0.4) is 0 Å². The van der Waals surface area contributed by atoms with Crippen LogP contribution in [0.1, 0.15) is 43.9 Å². The monoisotopic (exact) mass is 281 g/mol. The molecule has 7 nitrogen and oxygen atoms in total. The minimum absolute atomic E-state index is 0.0797. The van der Waals surface area contributed by atoms with Gasteiger partial charge < -0.3 is 16.3 Å². The fourth-order valence-electron chi connectivity index (χ4n) is 1.68. The first-order chi connectivity index (χ1) is 9.35. The lowest BCUT2D eigenvalue weighted by Crippen LogP contribution is -2.43. The predicted molar refractivity (Wildman–Crippen MR) is 76.8 cm³/mol. The number of hydrogen-bond acceptors (Lipinski definition) is 4. The molecule has 1 heterocycles. The maximum atomic E-state index is 12.2. The van der Waals surface area contributed by atoms with Crippen molar-refractivity contribution in [2.75, 3.05) is 6.54 Å². The van der Waals surface area contributed by atoms with Crippen LogP contribution in [-0.4, -0.2) is 33.3 Å². The number of nitrogens with one attached hydrogen (secondary N) is 1. The third kappa shape index (κ3) is 3.49. The van der Waals surface area contributed by atoms with Crippen molar-refractivity contribution in [3.8, 4) is 0 Å². The van der Waals surface area contributed by atoms with Crippen LogP contribution in [-0.2, 0) is 13.0 Å². The highest BCUT2D eigenvalue weighted by Gasteiger charge is 2.25. The summed E-state index contributed by atoms with van der Waals surface area (Å²) in [5.41, 5.74) is 6.38. The van der Waals surface area contributed by atoms with Gasteiger partial charge in [-0.15, -0.1) is 0 Å². The van der Waals surface area contributed by atoms with Crippen molar-refractivity contribution in [2.45, 2.75) is 40.7 Å². The summed E-state index contributed by atoms with van der Waals surface area (Å²) in [4.78, 5) is 12.2. The molecule has 20 heavy (non-hydrogen) atoms. The summed E-state index contributed by atoms with van der Waals surface area (Å²) in [5.74, 6) is -0.131. The second kappa shape index (κ2) is 6.40. The molecule has 112 valence electrons. The van der Waals surface area contributed by atoms with E-state index in [1.165, 1.54) is 0 Å². The normalized spacial score (nSPS) is 12.5. The molecule has 0 aliphatic carbocycles. The van der Waals surface area contributed by atoms with E-state index in [0.29, 0.717) is 12.2 Å². The van der Waals surface area contributed by atoms with E-state index in [1.54, 1.807) is 24.6 Å². The number of nitrogens with zero attached hydrogens (tertiary/aromatic N) is 3. The van der Waals surface area contributed by atoms with Crippen LogP contribution >= 0.6 is 0 Å². The molecule has 1 amide bonds. The van der Waals surface area contributed by atoms with E-state index < -0.39 is 5.41 Å². The van der Waals surface area contributed by atoms with E-state index in [9.17, 15) is 4.79 Å². The maximum absolute atomic E-state index is 12.2. The molecule has 0 unspecified atom stereocenters. The number of oxime groups is 1. The van der Waals surface area contributed by atoms with Crippen LogP contribution in [0.4, 0.5) is 0 Å². The van der Waals surface area contributed by atoms with Gasteiger partial charge in [-0.3, -0.25) is 9.48 Å². The van der Waals surface area contributed by atoms with Gasteiger partial charge in [-0.05, 0) is 19.4 Å². The zero-order valence-corrected chi connectivity index (χ0v) is 12.5. The van der Waals surface area contributed by atoms with Gasteiger partial charge in [0, 0.05) is 18.5 Å². The Labute approximate surface area is 118 Å². The Kier molecular flexibility index (Phi) is 5.12. The van der Waals surface area contributed by atoms with Crippen LogP contribution in [0.25, 0.3) is 0 Å². The molecular formula is C13H23N5O2. The van der Waals surface area contributed by atoms with Gasteiger partial charge in [0.15, 0.2) is 0 Å². The topological polar surface area (TPSA) is 106 Å². The van der Waals surface area contributed by atoms with E-state index in [1.807, 2.05) is 13.8 Å². The lowest BCUT2D eigenvalue weighted by molar-refractivity contribution is 0.0933. The van der Waals surface area contributed by atoms with E-state index in [-0.39, 0.29) is 18.3 Å². The van der Waals surface area contributed by atoms with Gasteiger partial charge in [0.1, 0.15) is 11.5 Å². The molecule has 0 aliphatic heterocycles. The average molecular weight is 281 g/mol. The summed E-state index contributed by atoms with van der Waals surface area (Å²) in [6.07, 6.45) is 0.781. The van der Waals surface area contributed by atoms with E-state index in [2.05, 4.69) is 15.6 Å². The van der Waals surface area contributed by atoms with Gasteiger partial charge in [-0.25, -0.2) is 0 Å². The van der Waals surface area contributed by atoms with Crippen molar-refractivity contribution >= 4 is 11.7 Å². The number of aryl methyl sites for hydroxylation is 2. The lowest BCUT2D eigenvalue weighted by Gasteiger charge is -2.23. The number of amides is 1. The van der Waals surface area contributed by atoms with Crippen molar-refractivity contribution < 1.29 is 10.0 Å². The Morgan fingerprint density at radius 2 is 2.20 bits per heavy atom. The van der Waals surface area contributed by atoms with Gasteiger partial charge in [-0.2, -0.15) is 5.10 Å². The first kappa shape index (κ1) is 16.0. The number of carbonyl (C=O) groups excluding carboxylic acids is 1. The van der Waals surface area contributed by atoms with E-state index in [4.69, 9.17) is 10.9 Å². The van der Waals surface area contributed by atoms with E-state index >= 15 is 0 Å². The highest BCUT2D eigenvalue weighted by atomic mass is 16.4. The molecule has 1 aromatic rings. The molecular weight excluding hydrogens is 258 g/mol. The summed E-state index contributed by atoms with van der Waals surface area (Å²) >= 11 is 0. The first-order valence-electron chi connectivity index (χ1n) is 6.68. The van der Waals surface area contributed by atoms with E-state index in [0.717, 1.165) is 12.1 Å². The van der Waals surface area contributed by atoms with Crippen LogP contribution in [0.5, 0.6) is 0 Å². The van der Waals surface area contributed by atoms with Crippen molar-refractivity contribution in [1.82, 2.24) is 15.1 Å². The molecule has 0 saturated heterocycles. The highest BCUT2D eigenvalue weighted by molar-refractivity contribution is 5.93. The minimum Gasteiger partial charge on any atom is -0.409 e. The fourth-order valence-corrected chi connectivity index (χ4v) is 1.68. The van der Waals surface area contributed by atoms with Crippen molar-refractivity contribution in [3.63, 3.8) is 0 Å². The summed E-state index contributed by atoms with van der Waals surface area (Å²) in [7, 11) is 0. The van der Waals surface area contributed by atoms with Gasteiger partial charge in [0.2, 0.25) is 0 Å². The first-order valence-corrected chi connectivity index (χ1v) is 6.68. The Balaban J connectivity index is 2.79. The second-order valence-electron chi connectivity index (χ2n) is 5.24. The average Bonchev–Trinajstić information content (AvgIpc) is 2.87. The number of carbonyl (C=O) groups is 1. The van der Waals surface area contributed by atoms with Crippen molar-refractivity contribution in [3.05, 3.63) is 17.5 Å². The Morgan fingerprint density at radius 1 is 1.55 bits per heavy atom. The minimum atomic E-state index is -0.616. The van der Waals surface area contributed by atoms with Crippen LogP contribution < -0.4 is 11.1 Å². The summed E-state index contributed by atoms with van der Waals surface area (Å²) in [6.45, 7) is 8.41. The molecule has 1 rings (SSSR count). The zero-order chi connectivity index (χ0) is 15.3. The molecule has 1 aromatic heterocycles. The highest BCUT2D eigenvalue weighted by Crippen LogP contribution is 2.14. The fraction of sp³-hybridized carbons (Fsp3) is 0.615. The molecule has 4 N–H and O–H groups in total. The molecule has 0 atom stereocenters. The number of rotatable bonds is 6. The lowest BCUT2D eigenvalue weighted by atomic mass is 9.92. The zero-order valence-electron chi connectivity index (χ0n) is 12.5. The predicted octanol–water partition coefficient (Wildman–Crippen LogP) is 0.968. The standard InChI is InChI=1S/C13H23N5O2/c1-5-9-7-10(18(6-2)16-9)11(19)15-8-13(3,4)12(14)17-20/h7,20H,5-6,8H2,1-4H3,(H2,14,17)(H,15,19). The van der Waals surface area contributed by atoms with Crippen LogP contribution in [0.2, 0.25) is 0 Å². The molecule has 0 bridgehead atoms. The van der Waals surface area contributed by atoms with Gasteiger partial charge in [0.25, 0.3) is 5.91 Å². The van der Waals surface area contributed by atoms with Crippen molar-refractivity contribution in [2.24, 2.45) is 16.3 Å². The van der Waals surface area contributed by atoms with Gasteiger partial charge in [0.05, 0.1) is 5.69 Å².